The number of piperidine rings is 1. The first-order valence-electron chi connectivity index (χ1n) is 14.4. The highest BCUT2D eigenvalue weighted by Gasteiger charge is 2.35. The number of pyridine rings is 1. The highest BCUT2D eigenvalue weighted by atomic mass is 16.2. The third-order valence-corrected chi connectivity index (χ3v) is 9.16. The van der Waals surface area contributed by atoms with Gasteiger partial charge in [0, 0.05) is 55.9 Å². The van der Waals surface area contributed by atoms with Crippen LogP contribution in [0.2, 0.25) is 0 Å². The Balaban J connectivity index is 1.11. The van der Waals surface area contributed by atoms with E-state index >= 15 is 0 Å². The molecule has 1 saturated carbocycles. The number of carbonyl (C=O) groups excluding carboxylic acids is 3. The zero-order valence-electron chi connectivity index (χ0n) is 23.2. The van der Waals surface area contributed by atoms with E-state index in [9.17, 15) is 14.4 Å². The molecule has 1 aliphatic carbocycles. The number of hydrogen-bond donors (Lipinski definition) is 2. The minimum Gasteiger partial charge on any atom is -0.369 e. The highest BCUT2D eigenvalue weighted by Crippen LogP contribution is 2.40. The fraction of sp³-hybridized carbons (Fsp3) is 0.548. The molecule has 5 rings (SSSR count). The third kappa shape index (κ3) is 6.16. The number of nitrogens with two attached hydrogens (primary N) is 1. The number of nitrogens with one attached hydrogen (secondary N) is 1. The normalized spacial score (nSPS) is 24.9. The van der Waals surface area contributed by atoms with E-state index in [0.29, 0.717) is 30.2 Å². The molecule has 1 aromatic heterocycles. The Kier molecular flexibility index (Phi) is 8.03. The number of carbonyl (C=O) groups is 3. The molecule has 39 heavy (non-hydrogen) atoms. The van der Waals surface area contributed by atoms with Gasteiger partial charge in [-0.3, -0.25) is 29.6 Å². The maximum absolute atomic E-state index is 12.2. The maximum atomic E-state index is 12.2. The summed E-state index contributed by atoms with van der Waals surface area (Å²) in [5, 5.41) is 2.46. The average Bonchev–Trinajstić information content (AvgIpc) is 2.93. The van der Waals surface area contributed by atoms with Crippen molar-refractivity contribution in [1.82, 2.24) is 15.2 Å². The summed E-state index contributed by atoms with van der Waals surface area (Å²) in [7, 11) is 0. The van der Waals surface area contributed by atoms with E-state index in [1.165, 1.54) is 12.1 Å². The van der Waals surface area contributed by atoms with Crippen molar-refractivity contribution in [1.29, 1.82) is 0 Å². The maximum Gasteiger partial charge on any atom is 0.250 e. The van der Waals surface area contributed by atoms with Crippen LogP contribution >= 0.6 is 0 Å². The number of amides is 3. The molecule has 0 bridgehead atoms. The Bertz CT molecular complexity index is 1190. The van der Waals surface area contributed by atoms with Crippen molar-refractivity contribution in [2.75, 3.05) is 31.1 Å². The second-order valence-electron chi connectivity index (χ2n) is 12.1. The van der Waals surface area contributed by atoms with Crippen molar-refractivity contribution in [3.05, 3.63) is 59.4 Å². The van der Waals surface area contributed by atoms with E-state index in [4.69, 9.17) is 5.73 Å². The van der Waals surface area contributed by atoms with Crippen LogP contribution in [-0.4, -0.2) is 59.3 Å². The second-order valence-corrected chi connectivity index (χ2v) is 12.1. The highest BCUT2D eigenvalue weighted by molar-refractivity contribution is 6.01. The summed E-state index contributed by atoms with van der Waals surface area (Å²) in [6.45, 7) is 8.76. The largest absolute Gasteiger partial charge is 0.369 e. The first-order chi connectivity index (χ1) is 18.7. The molecule has 0 radical (unpaired) electrons. The predicted octanol–water partition coefficient (Wildman–Crippen LogP) is 3.97. The third-order valence-electron chi connectivity index (χ3n) is 9.16. The van der Waals surface area contributed by atoms with Gasteiger partial charge in [-0.2, -0.15) is 0 Å². The number of nitrogens with zero attached hydrogens (tertiary/aromatic N) is 3. The van der Waals surface area contributed by atoms with Crippen molar-refractivity contribution in [3.63, 3.8) is 0 Å². The number of rotatable bonds is 7. The van der Waals surface area contributed by atoms with E-state index in [2.05, 4.69) is 46.1 Å². The Morgan fingerprint density at radius 1 is 1.00 bits per heavy atom. The summed E-state index contributed by atoms with van der Waals surface area (Å²) < 4.78 is 0. The van der Waals surface area contributed by atoms with Crippen LogP contribution in [0.4, 0.5) is 5.69 Å². The van der Waals surface area contributed by atoms with Gasteiger partial charge in [0.25, 0.3) is 5.91 Å². The molecule has 2 aromatic rings. The number of aromatic nitrogens is 1. The van der Waals surface area contributed by atoms with Crippen molar-refractivity contribution in [3.8, 4) is 0 Å². The molecule has 3 aliphatic rings. The lowest BCUT2D eigenvalue weighted by Gasteiger charge is -2.46. The molecule has 1 unspecified atom stereocenters. The number of primary amides is 1. The number of anilines is 1. The van der Waals surface area contributed by atoms with Crippen molar-refractivity contribution in [2.45, 2.75) is 76.2 Å². The van der Waals surface area contributed by atoms with E-state index < -0.39 is 0 Å². The van der Waals surface area contributed by atoms with E-state index in [1.807, 2.05) is 12.1 Å². The summed E-state index contributed by atoms with van der Waals surface area (Å²) >= 11 is 0. The predicted molar refractivity (Wildman–Crippen MR) is 152 cm³/mol. The molecule has 1 atom stereocenters. The van der Waals surface area contributed by atoms with Crippen LogP contribution in [0.25, 0.3) is 0 Å². The topological polar surface area (TPSA) is 109 Å². The first-order valence-corrected chi connectivity index (χ1v) is 14.4. The smallest absolute Gasteiger partial charge is 0.250 e. The molecular formula is C31H41N5O3. The van der Waals surface area contributed by atoms with Crippen molar-refractivity contribution in [2.24, 2.45) is 11.7 Å². The quantitative estimate of drug-likeness (QED) is 0.524. The molecule has 208 valence electrons. The fourth-order valence-corrected chi connectivity index (χ4v) is 6.93. The summed E-state index contributed by atoms with van der Waals surface area (Å²) in [5.74, 6) is 0.0114. The van der Waals surface area contributed by atoms with Crippen LogP contribution < -0.4 is 16.0 Å². The van der Waals surface area contributed by atoms with Crippen LogP contribution in [0.15, 0.2) is 42.6 Å². The molecule has 3 amide bonds. The van der Waals surface area contributed by atoms with Gasteiger partial charge in [-0.25, -0.2) is 0 Å². The second kappa shape index (κ2) is 11.5. The molecule has 2 saturated heterocycles. The lowest BCUT2D eigenvalue weighted by atomic mass is 9.74. The van der Waals surface area contributed by atoms with Gasteiger partial charge in [0.2, 0.25) is 11.8 Å². The summed E-state index contributed by atoms with van der Waals surface area (Å²) in [4.78, 5) is 45.1. The summed E-state index contributed by atoms with van der Waals surface area (Å²) in [5.41, 5.74) is 9.34. The molecule has 2 aliphatic heterocycles. The Hall–Kier alpha value is -3.26. The molecule has 3 N–H and O–H groups in total. The Labute approximate surface area is 231 Å². The zero-order valence-corrected chi connectivity index (χ0v) is 23.2. The van der Waals surface area contributed by atoms with Gasteiger partial charge in [0.1, 0.15) is 0 Å². The van der Waals surface area contributed by atoms with Crippen LogP contribution in [-0.2, 0) is 9.59 Å². The molecule has 8 nitrogen and oxygen atoms in total. The van der Waals surface area contributed by atoms with Crippen LogP contribution in [0.3, 0.4) is 0 Å². The standard InChI is InChI=1S/C31H41N5O3/c1-31(2,20-21-5-7-23(8-6-21)28-26(29(32)38)4-3-15-33-28)36-18-16-35(17-19-36)24-11-9-22(10-12-24)25-13-14-27(37)34-30(25)39/h3-4,9-12,15,21,23,25H,5-8,13-14,16-20H2,1-2H3,(H2,32,38)(H,34,37,39). The van der Waals surface area contributed by atoms with Gasteiger partial charge >= 0.3 is 0 Å². The van der Waals surface area contributed by atoms with Gasteiger partial charge < -0.3 is 10.6 Å². The van der Waals surface area contributed by atoms with Gasteiger partial charge in [-0.1, -0.05) is 12.1 Å². The Morgan fingerprint density at radius 3 is 2.33 bits per heavy atom. The number of hydrogen-bond acceptors (Lipinski definition) is 6. The van der Waals surface area contributed by atoms with E-state index in [0.717, 1.165) is 63.1 Å². The number of imide groups is 1. The van der Waals surface area contributed by atoms with E-state index in [1.54, 1.807) is 18.3 Å². The van der Waals surface area contributed by atoms with Crippen molar-refractivity contribution >= 4 is 23.4 Å². The lowest BCUT2D eigenvalue weighted by Crippen LogP contribution is -2.55. The SMILES string of the molecule is CC(C)(CC1CCC(c2ncccc2C(N)=O)CC1)N1CCN(c2ccc(C3CCC(=O)NC3=O)cc2)CC1. The van der Waals surface area contributed by atoms with Crippen LogP contribution in [0.5, 0.6) is 0 Å². The first kappa shape index (κ1) is 27.3. The number of benzene rings is 1. The monoisotopic (exact) mass is 531 g/mol. The lowest BCUT2D eigenvalue weighted by molar-refractivity contribution is -0.134. The summed E-state index contributed by atoms with van der Waals surface area (Å²) in [6.07, 6.45) is 8.34. The minimum absolute atomic E-state index is 0.128. The summed E-state index contributed by atoms with van der Waals surface area (Å²) in [6, 6.07) is 11.9. The molecule has 3 heterocycles. The fourth-order valence-electron chi connectivity index (χ4n) is 6.93. The molecule has 1 aromatic carbocycles. The van der Waals surface area contributed by atoms with Gasteiger partial charge in [-0.15, -0.1) is 0 Å². The minimum atomic E-state index is -0.384. The Morgan fingerprint density at radius 2 is 1.69 bits per heavy atom. The molecular weight excluding hydrogens is 490 g/mol. The number of piperazine rings is 1. The van der Waals surface area contributed by atoms with Gasteiger partial charge in [0.05, 0.1) is 17.2 Å². The average molecular weight is 532 g/mol. The molecule has 8 heteroatoms. The zero-order chi connectivity index (χ0) is 27.6. The van der Waals surface area contributed by atoms with Gasteiger partial charge in [0.15, 0.2) is 0 Å². The van der Waals surface area contributed by atoms with Gasteiger partial charge in [-0.05, 0) is 88.1 Å². The van der Waals surface area contributed by atoms with Crippen LogP contribution in [0.1, 0.15) is 92.2 Å². The molecule has 0 spiro atoms. The van der Waals surface area contributed by atoms with Crippen molar-refractivity contribution < 1.29 is 14.4 Å². The molecule has 3 fully saturated rings. The van der Waals surface area contributed by atoms with E-state index in [-0.39, 0.29) is 29.2 Å². The van der Waals surface area contributed by atoms with Crippen LogP contribution in [0, 0.1) is 5.92 Å².